The number of fused-ring (bicyclic) bond motifs is 1. The summed E-state index contributed by atoms with van der Waals surface area (Å²) in [5, 5.41) is 9.51. The van der Waals surface area contributed by atoms with Crippen LogP contribution >= 0.6 is 0 Å². The van der Waals surface area contributed by atoms with Crippen LogP contribution in [0.3, 0.4) is 0 Å². The van der Waals surface area contributed by atoms with Gasteiger partial charge in [-0.3, -0.25) is 4.79 Å². The summed E-state index contributed by atoms with van der Waals surface area (Å²) in [5.41, 5.74) is 6.03. The van der Waals surface area contributed by atoms with Crippen molar-refractivity contribution in [2.45, 2.75) is 39.7 Å². The molecule has 0 aliphatic carbocycles. The fraction of sp³-hybridized carbons (Fsp3) is 0.304. The number of anilines is 3. The highest BCUT2D eigenvalue weighted by Crippen LogP contribution is 2.36. The maximum Gasteiger partial charge on any atom is 0.227 e. The molecule has 0 saturated heterocycles. The van der Waals surface area contributed by atoms with Gasteiger partial charge in [0.25, 0.3) is 0 Å². The summed E-state index contributed by atoms with van der Waals surface area (Å²) in [6.07, 6.45) is 3.59. The third-order valence-electron chi connectivity index (χ3n) is 5.49. The van der Waals surface area contributed by atoms with E-state index >= 15 is 0 Å². The third kappa shape index (κ3) is 3.96. The van der Waals surface area contributed by atoms with Crippen molar-refractivity contribution in [2.75, 3.05) is 17.2 Å². The Kier molecular flexibility index (Phi) is 5.11. The number of nitrogens with zero attached hydrogens (tertiary/aromatic N) is 3. The molecule has 0 radical (unpaired) electrons. The normalized spacial score (nSPS) is 14.0. The van der Waals surface area contributed by atoms with Crippen molar-refractivity contribution in [3.63, 3.8) is 0 Å². The molecule has 0 fully saturated rings. The van der Waals surface area contributed by atoms with Crippen molar-refractivity contribution >= 4 is 23.4 Å². The van der Waals surface area contributed by atoms with Crippen molar-refractivity contribution < 1.29 is 4.79 Å². The second-order valence-electron chi connectivity index (χ2n) is 8.25. The van der Waals surface area contributed by atoms with Gasteiger partial charge in [0.1, 0.15) is 5.82 Å². The average Bonchev–Trinajstić information content (AvgIpc) is 3.03. The SMILES string of the molecule is CC(=O)NCc1cccc(Nc2nccc(-c3cnc4c(c3)C(C)(C)CN4)n2)c1C. The average molecular weight is 403 g/mol. The highest BCUT2D eigenvalue weighted by atomic mass is 16.1. The van der Waals surface area contributed by atoms with E-state index in [0.29, 0.717) is 12.5 Å². The lowest BCUT2D eigenvalue weighted by molar-refractivity contribution is -0.119. The molecule has 30 heavy (non-hydrogen) atoms. The van der Waals surface area contributed by atoms with Gasteiger partial charge in [-0.1, -0.05) is 26.0 Å². The molecule has 4 rings (SSSR count). The summed E-state index contributed by atoms with van der Waals surface area (Å²) in [6.45, 7) is 9.32. The van der Waals surface area contributed by atoms with Gasteiger partial charge < -0.3 is 16.0 Å². The highest BCUT2D eigenvalue weighted by Gasteiger charge is 2.31. The Labute approximate surface area is 176 Å². The van der Waals surface area contributed by atoms with Crippen LogP contribution in [0.2, 0.25) is 0 Å². The van der Waals surface area contributed by atoms with Gasteiger partial charge in [0.2, 0.25) is 11.9 Å². The van der Waals surface area contributed by atoms with Gasteiger partial charge >= 0.3 is 0 Å². The van der Waals surface area contributed by atoms with Gasteiger partial charge in [0, 0.05) is 54.6 Å². The molecule has 154 valence electrons. The van der Waals surface area contributed by atoms with Crippen molar-refractivity contribution in [3.05, 3.63) is 59.4 Å². The van der Waals surface area contributed by atoms with Crippen molar-refractivity contribution in [2.24, 2.45) is 0 Å². The van der Waals surface area contributed by atoms with Crippen LogP contribution in [0.1, 0.15) is 37.5 Å². The Morgan fingerprint density at radius 1 is 1.23 bits per heavy atom. The predicted molar refractivity (Wildman–Crippen MR) is 119 cm³/mol. The van der Waals surface area contributed by atoms with Crippen molar-refractivity contribution in [1.82, 2.24) is 20.3 Å². The van der Waals surface area contributed by atoms with Crippen LogP contribution in [-0.4, -0.2) is 27.4 Å². The van der Waals surface area contributed by atoms with E-state index < -0.39 is 0 Å². The van der Waals surface area contributed by atoms with Gasteiger partial charge in [-0.05, 0) is 36.2 Å². The second-order valence-corrected chi connectivity index (χ2v) is 8.25. The summed E-state index contributed by atoms with van der Waals surface area (Å²) in [4.78, 5) is 24.9. The molecular formula is C23H26N6O. The fourth-order valence-corrected chi connectivity index (χ4v) is 3.59. The Bertz CT molecular complexity index is 1110. The molecule has 7 nitrogen and oxygen atoms in total. The Morgan fingerprint density at radius 2 is 2.07 bits per heavy atom. The molecule has 1 aromatic carbocycles. The van der Waals surface area contributed by atoms with E-state index in [1.807, 2.05) is 37.4 Å². The fourth-order valence-electron chi connectivity index (χ4n) is 3.59. The molecule has 3 heterocycles. The van der Waals surface area contributed by atoms with Crippen molar-refractivity contribution in [3.8, 4) is 11.3 Å². The van der Waals surface area contributed by atoms with E-state index in [4.69, 9.17) is 4.98 Å². The minimum absolute atomic E-state index is 0.0396. The highest BCUT2D eigenvalue weighted by molar-refractivity contribution is 5.73. The molecule has 2 aromatic heterocycles. The van der Waals surface area contributed by atoms with Crippen LogP contribution in [-0.2, 0) is 16.8 Å². The molecule has 7 heteroatoms. The molecule has 0 atom stereocenters. The minimum atomic E-state index is -0.0508. The Hall–Kier alpha value is -3.48. The first-order valence-electron chi connectivity index (χ1n) is 10.0. The molecule has 3 aromatic rings. The standard InChI is InChI=1S/C23H26N6O/c1-14-16(11-25-15(2)30)6-5-7-19(14)28-22-24-9-8-20(29-22)17-10-18-21(26-12-17)27-13-23(18,3)4/h5-10,12H,11,13H2,1-4H3,(H,25,30)(H,26,27)(H,24,28,29). The third-order valence-corrected chi connectivity index (χ3v) is 5.49. The second kappa shape index (κ2) is 7.74. The zero-order valence-electron chi connectivity index (χ0n) is 17.7. The zero-order chi connectivity index (χ0) is 21.3. The maximum absolute atomic E-state index is 11.2. The molecule has 1 aliphatic heterocycles. The van der Waals surface area contributed by atoms with E-state index in [9.17, 15) is 4.79 Å². The topological polar surface area (TPSA) is 91.8 Å². The van der Waals surface area contributed by atoms with Gasteiger partial charge in [0.05, 0.1) is 5.69 Å². The summed E-state index contributed by atoms with van der Waals surface area (Å²) in [5.74, 6) is 1.41. The number of rotatable bonds is 5. The first kappa shape index (κ1) is 19.8. The number of benzene rings is 1. The molecule has 1 aliphatic rings. The number of carbonyl (C=O) groups excluding carboxylic acids is 1. The Morgan fingerprint density at radius 3 is 2.87 bits per heavy atom. The van der Waals surface area contributed by atoms with E-state index in [1.54, 1.807) is 6.20 Å². The van der Waals surface area contributed by atoms with Crippen LogP contribution in [0.25, 0.3) is 11.3 Å². The van der Waals surface area contributed by atoms with Crippen LogP contribution in [0, 0.1) is 6.92 Å². The van der Waals surface area contributed by atoms with Gasteiger partial charge in [-0.2, -0.15) is 0 Å². The number of pyridine rings is 1. The van der Waals surface area contributed by atoms with Crippen LogP contribution < -0.4 is 16.0 Å². The first-order chi connectivity index (χ1) is 14.3. The number of carbonyl (C=O) groups is 1. The predicted octanol–water partition coefficient (Wildman–Crippen LogP) is 3.93. The van der Waals surface area contributed by atoms with Crippen LogP contribution in [0.5, 0.6) is 0 Å². The van der Waals surface area contributed by atoms with Crippen LogP contribution in [0.4, 0.5) is 17.5 Å². The van der Waals surface area contributed by atoms with Gasteiger partial charge in [-0.15, -0.1) is 0 Å². The lowest BCUT2D eigenvalue weighted by Crippen LogP contribution is -2.19. The zero-order valence-corrected chi connectivity index (χ0v) is 17.7. The molecule has 0 bridgehead atoms. The smallest absolute Gasteiger partial charge is 0.227 e. The molecule has 0 unspecified atom stereocenters. The first-order valence-corrected chi connectivity index (χ1v) is 10.0. The molecule has 0 saturated carbocycles. The molecule has 1 amide bonds. The number of nitrogens with one attached hydrogen (secondary N) is 3. The molecular weight excluding hydrogens is 376 g/mol. The summed E-state index contributed by atoms with van der Waals surface area (Å²) in [7, 11) is 0. The number of hydrogen-bond acceptors (Lipinski definition) is 6. The number of aromatic nitrogens is 3. The molecule has 3 N–H and O–H groups in total. The van der Waals surface area contributed by atoms with E-state index in [-0.39, 0.29) is 11.3 Å². The summed E-state index contributed by atoms with van der Waals surface area (Å²) >= 11 is 0. The lowest BCUT2D eigenvalue weighted by Gasteiger charge is -2.17. The van der Waals surface area contributed by atoms with Crippen molar-refractivity contribution in [1.29, 1.82) is 0 Å². The van der Waals surface area contributed by atoms with Gasteiger partial charge in [-0.25, -0.2) is 15.0 Å². The van der Waals surface area contributed by atoms with E-state index in [0.717, 1.165) is 40.4 Å². The summed E-state index contributed by atoms with van der Waals surface area (Å²) < 4.78 is 0. The lowest BCUT2D eigenvalue weighted by atomic mass is 9.87. The monoisotopic (exact) mass is 402 g/mol. The van der Waals surface area contributed by atoms with E-state index in [2.05, 4.69) is 45.8 Å². The number of amides is 1. The quantitative estimate of drug-likeness (QED) is 0.599. The molecule has 0 spiro atoms. The van der Waals surface area contributed by atoms with Crippen LogP contribution in [0.15, 0.2) is 42.7 Å². The number of hydrogen-bond donors (Lipinski definition) is 3. The van der Waals surface area contributed by atoms with Gasteiger partial charge in [0.15, 0.2) is 0 Å². The van der Waals surface area contributed by atoms with E-state index in [1.165, 1.54) is 12.5 Å². The minimum Gasteiger partial charge on any atom is -0.369 e. The maximum atomic E-state index is 11.2. The largest absolute Gasteiger partial charge is 0.369 e. The Balaban J connectivity index is 1.60. The summed E-state index contributed by atoms with van der Waals surface area (Å²) in [6, 6.07) is 9.99.